The Morgan fingerprint density at radius 1 is 1.15 bits per heavy atom. The summed E-state index contributed by atoms with van der Waals surface area (Å²) in [5, 5.41) is 12.1. The molecule has 0 bridgehead atoms. The standard InChI is InChI=1S/C13H8BrCl2NO3/c14-7-8-3-11(17(18)19)1-2-13(8)20-12-5-9(15)4-10(16)6-12/h1-6H,7H2. The van der Waals surface area contributed by atoms with Gasteiger partial charge in [-0.15, -0.1) is 0 Å². The van der Waals surface area contributed by atoms with Crippen molar-refractivity contribution in [2.24, 2.45) is 0 Å². The third-order valence-electron chi connectivity index (χ3n) is 2.46. The number of nitro benzene ring substituents is 1. The Morgan fingerprint density at radius 3 is 2.35 bits per heavy atom. The Morgan fingerprint density at radius 2 is 1.80 bits per heavy atom. The quantitative estimate of drug-likeness (QED) is 0.397. The molecular weight excluding hydrogens is 369 g/mol. The summed E-state index contributed by atoms with van der Waals surface area (Å²) in [6.07, 6.45) is 0. The zero-order valence-corrected chi connectivity index (χ0v) is 13.1. The van der Waals surface area contributed by atoms with E-state index in [4.69, 9.17) is 27.9 Å². The van der Waals surface area contributed by atoms with Crippen LogP contribution >= 0.6 is 39.1 Å². The summed E-state index contributed by atoms with van der Waals surface area (Å²) >= 11 is 15.1. The SMILES string of the molecule is O=[N+]([O-])c1ccc(Oc2cc(Cl)cc(Cl)c2)c(CBr)c1. The van der Waals surface area contributed by atoms with Crippen LogP contribution in [0.2, 0.25) is 10.0 Å². The molecule has 0 amide bonds. The molecule has 2 aromatic rings. The molecule has 0 radical (unpaired) electrons. The number of rotatable bonds is 4. The van der Waals surface area contributed by atoms with Gasteiger partial charge in [0.05, 0.1) is 4.92 Å². The molecule has 0 aliphatic heterocycles. The molecular formula is C13H8BrCl2NO3. The maximum atomic E-state index is 10.7. The summed E-state index contributed by atoms with van der Waals surface area (Å²) in [4.78, 5) is 10.3. The lowest BCUT2D eigenvalue weighted by molar-refractivity contribution is -0.384. The van der Waals surface area contributed by atoms with Gasteiger partial charge >= 0.3 is 0 Å². The van der Waals surface area contributed by atoms with E-state index in [9.17, 15) is 10.1 Å². The number of nitrogens with zero attached hydrogens (tertiary/aromatic N) is 1. The van der Waals surface area contributed by atoms with Crippen molar-refractivity contribution in [3.05, 3.63) is 62.1 Å². The summed E-state index contributed by atoms with van der Waals surface area (Å²) < 4.78 is 5.68. The molecule has 0 saturated carbocycles. The molecule has 4 nitrogen and oxygen atoms in total. The first-order chi connectivity index (χ1) is 9.49. The number of alkyl halides is 1. The van der Waals surface area contributed by atoms with Crippen molar-refractivity contribution >= 4 is 44.8 Å². The van der Waals surface area contributed by atoms with E-state index in [0.29, 0.717) is 32.4 Å². The van der Waals surface area contributed by atoms with Gasteiger partial charge in [-0.2, -0.15) is 0 Å². The molecule has 0 N–H and O–H groups in total. The Kier molecular flexibility index (Phi) is 4.86. The van der Waals surface area contributed by atoms with Gasteiger partial charge in [-0.1, -0.05) is 39.1 Å². The van der Waals surface area contributed by atoms with Gasteiger partial charge < -0.3 is 4.74 Å². The van der Waals surface area contributed by atoms with Gasteiger partial charge in [-0.25, -0.2) is 0 Å². The normalized spacial score (nSPS) is 10.3. The molecule has 0 heterocycles. The van der Waals surface area contributed by atoms with E-state index in [1.807, 2.05) is 0 Å². The average molecular weight is 377 g/mol. The number of non-ortho nitro benzene ring substituents is 1. The first-order valence-electron chi connectivity index (χ1n) is 5.47. The van der Waals surface area contributed by atoms with E-state index in [2.05, 4.69) is 15.9 Å². The summed E-state index contributed by atoms with van der Waals surface area (Å²) in [6.45, 7) is 0. The van der Waals surface area contributed by atoms with Crippen molar-refractivity contribution in [1.29, 1.82) is 0 Å². The molecule has 2 rings (SSSR count). The molecule has 20 heavy (non-hydrogen) atoms. The van der Waals surface area contributed by atoms with Crippen LogP contribution in [0.3, 0.4) is 0 Å². The van der Waals surface area contributed by atoms with Crippen LogP contribution in [-0.2, 0) is 5.33 Å². The van der Waals surface area contributed by atoms with E-state index in [1.165, 1.54) is 12.1 Å². The third-order valence-corrected chi connectivity index (χ3v) is 3.50. The fraction of sp³-hybridized carbons (Fsp3) is 0.0769. The Labute approximate surface area is 133 Å². The van der Waals surface area contributed by atoms with Crippen LogP contribution in [0.25, 0.3) is 0 Å². The van der Waals surface area contributed by atoms with Crippen LogP contribution in [-0.4, -0.2) is 4.92 Å². The Hall–Kier alpha value is -1.30. The summed E-state index contributed by atoms with van der Waals surface area (Å²) in [5.41, 5.74) is 0.672. The lowest BCUT2D eigenvalue weighted by atomic mass is 10.2. The maximum absolute atomic E-state index is 10.7. The van der Waals surface area contributed by atoms with Crippen LogP contribution in [0, 0.1) is 10.1 Å². The Bertz CT molecular complexity index is 644. The largest absolute Gasteiger partial charge is 0.457 e. The van der Waals surface area contributed by atoms with Crippen molar-refractivity contribution in [2.75, 3.05) is 0 Å². The van der Waals surface area contributed by atoms with Crippen molar-refractivity contribution in [2.45, 2.75) is 5.33 Å². The summed E-state index contributed by atoms with van der Waals surface area (Å²) in [5.74, 6) is 0.976. The molecule has 0 aliphatic carbocycles. The number of halogens is 3. The number of ether oxygens (including phenoxy) is 1. The smallest absolute Gasteiger partial charge is 0.270 e. The minimum atomic E-state index is -0.452. The summed E-state index contributed by atoms with van der Waals surface area (Å²) in [6, 6.07) is 9.21. The van der Waals surface area contributed by atoms with Crippen LogP contribution in [0.5, 0.6) is 11.5 Å². The Balaban J connectivity index is 2.35. The molecule has 7 heteroatoms. The van der Waals surface area contributed by atoms with Gasteiger partial charge in [-0.3, -0.25) is 10.1 Å². The van der Waals surface area contributed by atoms with Gasteiger partial charge in [0.25, 0.3) is 5.69 Å². The second-order valence-electron chi connectivity index (χ2n) is 3.89. The number of nitro groups is 1. The van der Waals surface area contributed by atoms with Gasteiger partial charge in [-0.05, 0) is 24.3 Å². The highest BCUT2D eigenvalue weighted by Crippen LogP contribution is 2.32. The second-order valence-corrected chi connectivity index (χ2v) is 5.32. The highest BCUT2D eigenvalue weighted by atomic mass is 79.9. The van der Waals surface area contributed by atoms with E-state index in [-0.39, 0.29) is 5.69 Å². The molecule has 0 atom stereocenters. The van der Waals surface area contributed by atoms with Crippen molar-refractivity contribution in [3.63, 3.8) is 0 Å². The van der Waals surface area contributed by atoms with Gasteiger partial charge in [0.1, 0.15) is 11.5 Å². The van der Waals surface area contributed by atoms with Gasteiger partial charge in [0.2, 0.25) is 0 Å². The molecule has 0 spiro atoms. The van der Waals surface area contributed by atoms with Gasteiger partial charge in [0.15, 0.2) is 0 Å². The molecule has 0 fully saturated rings. The predicted octanol–water partition coefficient (Wildman–Crippen LogP) is 5.59. The van der Waals surface area contributed by atoms with Crippen molar-refractivity contribution in [1.82, 2.24) is 0 Å². The molecule has 2 aromatic carbocycles. The van der Waals surface area contributed by atoms with E-state index in [1.54, 1.807) is 24.3 Å². The van der Waals surface area contributed by atoms with E-state index >= 15 is 0 Å². The number of hydrogen-bond donors (Lipinski definition) is 0. The average Bonchev–Trinajstić information content (AvgIpc) is 2.37. The zero-order chi connectivity index (χ0) is 14.7. The molecule has 0 aliphatic rings. The fourth-order valence-electron chi connectivity index (χ4n) is 1.60. The van der Waals surface area contributed by atoms with Crippen LogP contribution in [0.15, 0.2) is 36.4 Å². The lowest BCUT2D eigenvalue weighted by Crippen LogP contribution is -1.93. The third kappa shape index (κ3) is 3.62. The van der Waals surface area contributed by atoms with Crippen LogP contribution < -0.4 is 4.74 Å². The first-order valence-corrected chi connectivity index (χ1v) is 7.34. The minimum Gasteiger partial charge on any atom is -0.457 e. The van der Waals surface area contributed by atoms with Crippen LogP contribution in [0.1, 0.15) is 5.56 Å². The topological polar surface area (TPSA) is 52.4 Å². The monoisotopic (exact) mass is 375 g/mol. The maximum Gasteiger partial charge on any atom is 0.270 e. The highest BCUT2D eigenvalue weighted by Gasteiger charge is 2.12. The molecule has 104 valence electrons. The zero-order valence-electron chi connectivity index (χ0n) is 9.98. The summed E-state index contributed by atoms with van der Waals surface area (Å²) in [7, 11) is 0. The molecule has 0 saturated heterocycles. The van der Waals surface area contributed by atoms with E-state index in [0.717, 1.165) is 0 Å². The fourth-order valence-corrected chi connectivity index (χ4v) is 2.54. The minimum absolute atomic E-state index is 0.0101. The number of benzene rings is 2. The lowest BCUT2D eigenvalue weighted by Gasteiger charge is -2.10. The predicted molar refractivity (Wildman–Crippen MR) is 82.3 cm³/mol. The molecule has 0 unspecified atom stereocenters. The van der Waals surface area contributed by atoms with Crippen molar-refractivity contribution in [3.8, 4) is 11.5 Å². The van der Waals surface area contributed by atoms with Crippen molar-refractivity contribution < 1.29 is 9.66 Å². The highest BCUT2D eigenvalue weighted by molar-refractivity contribution is 9.08. The van der Waals surface area contributed by atoms with Gasteiger partial charge in [0, 0.05) is 33.1 Å². The molecule has 0 aromatic heterocycles. The first kappa shape index (κ1) is 15.1. The number of hydrogen-bond acceptors (Lipinski definition) is 3. The van der Waals surface area contributed by atoms with E-state index < -0.39 is 4.92 Å². The second kappa shape index (κ2) is 6.43. The van der Waals surface area contributed by atoms with Crippen LogP contribution in [0.4, 0.5) is 5.69 Å².